The Hall–Kier alpha value is -3.65. The lowest BCUT2D eigenvalue weighted by molar-refractivity contribution is -0.175. The number of carbonyl (C=O) groups excluding carboxylic acids is 4. The van der Waals surface area contributed by atoms with Crippen LogP contribution in [0.2, 0.25) is 0 Å². The molecule has 0 bridgehead atoms. The summed E-state index contributed by atoms with van der Waals surface area (Å²) in [6, 6.07) is 11.5. The average molecular weight is 715 g/mol. The van der Waals surface area contributed by atoms with Gasteiger partial charge in [0.25, 0.3) is 5.91 Å². The van der Waals surface area contributed by atoms with E-state index < -0.39 is 65.7 Å². The van der Waals surface area contributed by atoms with E-state index in [0.717, 1.165) is 4.90 Å². The third kappa shape index (κ3) is 15.2. The monoisotopic (exact) mass is 714 g/mol. The van der Waals surface area contributed by atoms with Crippen LogP contribution in [0.1, 0.15) is 65.5 Å². The molecular formula is C35H46F4N2O7S. The Morgan fingerprint density at radius 1 is 0.816 bits per heavy atom. The van der Waals surface area contributed by atoms with Gasteiger partial charge in [-0.25, -0.2) is 14.0 Å². The van der Waals surface area contributed by atoms with Gasteiger partial charge in [0.05, 0.1) is 0 Å². The summed E-state index contributed by atoms with van der Waals surface area (Å²) in [4.78, 5) is 54.1. The Morgan fingerprint density at radius 3 is 1.92 bits per heavy atom. The molecule has 4 atom stereocenters. The first-order valence-electron chi connectivity index (χ1n) is 15.7. The molecular weight excluding hydrogens is 668 g/mol. The quantitative estimate of drug-likeness (QED) is 0.0912. The number of alkyl halides is 4. The number of amides is 1. The molecule has 2 rings (SSSR count). The molecule has 14 heteroatoms. The summed E-state index contributed by atoms with van der Waals surface area (Å²) >= 11 is -0.308. The van der Waals surface area contributed by atoms with Gasteiger partial charge in [0.2, 0.25) is 6.10 Å². The number of halogens is 4. The Morgan fingerprint density at radius 2 is 1.41 bits per heavy atom. The summed E-state index contributed by atoms with van der Waals surface area (Å²) in [5.41, 5.74) is -5.73. The molecule has 0 heterocycles. The second-order valence-electron chi connectivity index (χ2n) is 13.5. The normalized spacial score (nSPS) is 14.6. The van der Waals surface area contributed by atoms with Gasteiger partial charge in [-0.15, -0.1) is 0 Å². The molecule has 0 spiro atoms. The van der Waals surface area contributed by atoms with Crippen LogP contribution in [0, 0.1) is 5.41 Å². The van der Waals surface area contributed by atoms with Gasteiger partial charge in [-0.2, -0.15) is 13.2 Å². The molecule has 0 aliphatic rings. The Bertz CT molecular complexity index is 1390. The number of ether oxygens (including phenoxy) is 3. The number of benzene rings is 2. The number of thioether (sulfide) groups is 1. The number of esters is 3. The van der Waals surface area contributed by atoms with Gasteiger partial charge in [-0.05, 0) is 74.7 Å². The summed E-state index contributed by atoms with van der Waals surface area (Å²) in [6.07, 6.45) is -3.36. The second-order valence-corrected chi connectivity index (χ2v) is 14.6. The molecule has 0 saturated heterocycles. The van der Waals surface area contributed by atoms with Crippen LogP contribution < -0.4 is 5.32 Å². The van der Waals surface area contributed by atoms with Gasteiger partial charge >= 0.3 is 23.4 Å². The lowest BCUT2D eigenvalue weighted by Crippen LogP contribution is -2.51. The first-order chi connectivity index (χ1) is 22.6. The standard InChI is InChI=1S/C35H46F4N2O7S/c1-22(47-30(43)26(40-7)19-33(2,3)4)29(42)41(8)27(20-34(5,6)36)31(44)48-28(32(45)46-21-24-12-10-9-11-13-24)18-23-14-16-25(17-15-23)49-35(37,38)39/h9-17,22,26-28,40H,18-21H2,1-8H3/t22-,26+,27?,28+/m1/s1. The van der Waals surface area contributed by atoms with Gasteiger partial charge in [0.1, 0.15) is 24.4 Å². The van der Waals surface area contributed by atoms with Gasteiger partial charge in [0.15, 0.2) is 6.10 Å². The Balaban J connectivity index is 2.31. The molecule has 1 N–H and O–H groups in total. The van der Waals surface area contributed by atoms with Gasteiger partial charge in [-0.3, -0.25) is 9.59 Å². The largest absolute Gasteiger partial charge is 0.458 e. The fourth-order valence-electron chi connectivity index (χ4n) is 4.76. The average Bonchev–Trinajstić information content (AvgIpc) is 2.99. The van der Waals surface area contributed by atoms with Crippen LogP contribution in [0.25, 0.3) is 0 Å². The van der Waals surface area contributed by atoms with Gasteiger partial charge < -0.3 is 24.4 Å². The highest BCUT2D eigenvalue weighted by Crippen LogP contribution is 2.37. The van der Waals surface area contributed by atoms with E-state index in [9.17, 15) is 32.3 Å². The molecule has 272 valence electrons. The number of hydrogen-bond donors (Lipinski definition) is 1. The third-order valence-electron chi connectivity index (χ3n) is 7.18. The van der Waals surface area contributed by atoms with E-state index in [2.05, 4.69) is 5.32 Å². The molecule has 1 amide bonds. The first-order valence-corrected chi connectivity index (χ1v) is 16.5. The molecule has 9 nitrogen and oxygen atoms in total. The topological polar surface area (TPSA) is 111 Å². The van der Waals surface area contributed by atoms with Crippen molar-refractivity contribution >= 4 is 35.6 Å². The summed E-state index contributed by atoms with van der Waals surface area (Å²) in [6.45, 7) is 9.38. The molecule has 0 aliphatic heterocycles. The second kappa shape index (κ2) is 17.8. The number of nitrogens with one attached hydrogen (secondary N) is 1. The van der Waals surface area contributed by atoms with E-state index in [1.807, 2.05) is 20.8 Å². The highest BCUT2D eigenvalue weighted by atomic mass is 32.2. The van der Waals surface area contributed by atoms with Crippen LogP contribution in [0.3, 0.4) is 0 Å². The number of hydrogen-bond acceptors (Lipinski definition) is 9. The molecule has 0 aliphatic carbocycles. The van der Waals surface area contributed by atoms with Crippen molar-refractivity contribution in [3.8, 4) is 0 Å². The van der Waals surface area contributed by atoms with E-state index in [-0.39, 0.29) is 35.1 Å². The highest BCUT2D eigenvalue weighted by molar-refractivity contribution is 8.00. The van der Waals surface area contributed by atoms with Crippen molar-refractivity contribution in [2.75, 3.05) is 14.1 Å². The van der Waals surface area contributed by atoms with Crippen LogP contribution in [0.15, 0.2) is 59.5 Å². The summed E-state index contributed by atoms with van der Waals surface area (Å²) in [5.74, 6) is -3.59. The van der Waals surface area contributed by atoms with Crippen LogP contribution in [-0.2, 0) is 46.4 Å². The molecule has 0 radical (unpaired) electrons. The summed E-state index contributed by atoms with van der Waals surface area (Å²) in [7, 11) is 2.82. The minimum absolute atomic E-state index is 0.0870. The van der Waals surface area contributed by atoms with Crippen molar-refractivity contribution in [1.82, 2.24) is 10.2 Å². The van der Waals surface area contributed by atoms with Gasteiger partial charge in [0, 0.05) is 24.8 Å². The van der Waals surface area contributed by atoms with Gasteiger partial charge in [-0.1, -0.05) is 63.2 Å². The van der Waals surface area contributed by atoms with E-state index in [1.165, 1.54) is 52.1 Å². The minimum atomic E-state index is -4.50. The Labute approximate surface area is 289 Å². The lowest BCUT2D eigenvalue weighted by Gasteiger charge is -2.32. The first kappa shape index (κ1) is 41.5. The van der Waals surface area contributed by atoms with Crippen molar-refractivity contribution in [3.05, 3.63) is 65.7 Å². The zero-order valence-electron chi connectivity index (χ0n) is 29.1. The number of rotatable bonds is 16. The van der Waals surface area contributed by atoms with Crippen molar-refractivity contribution in [1.29, 1.82) is 0 Å². The van der Waals surface area contributed by atoms with Crippen LogP contribution in [-0.4, -0.2) is 78.3 Å². The highest BCUT2D eigenvalue weighted by Gasteiger charge is 2.39. The molecule has 1 unspecified atom stereocenters. The van der Waals surface area contributed by atoms with Crippen molar-refractivity contribution in [3.63, 3.8) is 0 Å². The molecule has 2 aromatic rings. The maximum absolute atomic E-state index is 15.0. The number of nitrogens with zero attached hydrogens (tertiary/aromatic N) is 1. The fraction of sp³-hybridized carbons (Fsp3) is 0.543. The molecule has 2 aromatic carbocycles. The predicted octanol–water partition coefficient (Wildman–Crippen LogP) is 6.42. The number of likely N-dealkylation sites (N-methyl/N-ethyl adjacent to an activating group) is 2. The maximum atomic E-state index is 15.0. The fourth-order valence-corrected chi connectivity index (χ4v) is 5.30. The van der Waals surface area contributed by atoms with Crippen molar-refractivity contribution in [2.24, 2.45) is 5.41 Å². The maximum Gasteiger partial charge on any atom is 0.446 e. The van der Waals surface area contributed by atoms with E-state index in [4.69, 9.17) is 14.2 Å². The number of carbonyl (C=O) groups is 4. The summed E-state index contributed by atoms with van der Waals surface area (Å²) in [5, 5.41) is 2.87. The molecule has 0 aromatic heterocycles. The zero-order chi connectivity index (χ0) is 37.2. The predicted molar refractivity (Wildman–Crippen MR) is 177 cm³/mol. The van der Waals surface area contributed by atoms with Crippen LogP contribution in [0.4, 0.5) is 17.6 Å². The summed E-state index contributed by atoms with van der Waals surface area (Å²) < 4.78 is 69.9. The molecule has 49 heavy (non-hydrogen) atoms. The van der Waals surface area contributed by atoms with Crippen molar-refractivity contribution < 1.29 is 51.0 Å². The molecule has 0 saturated carbocycles. The van der Waals surface area contributed by atoms with Crippen LogP contribution in [0.5, 0.6) is 0 Å². The minimum Gasteiger partial charge on any atom is -0.458 e. The third-order valence-corrected chi connectivity index (χ3v) is 7.92. The van der Waals surface area contributed by atoms with Crippen LogP contribution >= 0.6 is 11.8 Å². The Kier molecular flexibility index (Phi) is 15.1. The smallest absolute Gasteiger partial charge is 0.446 e. The SMILES string of the molecule is CN[C@@H](CC(C)(C)C)C(=O)O[C@H](C)C(=O)N(C)C(CC(C)(C)F)C(=O)O[C@@H](Cc1ccc(SC(F)(F)F)cc1)C(=O)OCc1ccccc1. The van der Waals surface area contributed by atoms with E-state index in [0.29, 0.717) is 17.5 Å². The lowest BCUT2D eigenvalue weighted by atomic mass is 9.88. The molecule has 0 fully saturated rings. The van der Waals surface area contributed by atoms with E-state index >= 15 is 4.39 Å². The zero-order valence-corrected chi connectivity index (χ0v) is 29.9. The van der Waals surface area contributed by atoms with E-state index in [1.54, 1.807) is 37.4 Å². The van der Waals surface area contributed by atoms with Crippen molar-refractivity contribution in [2.45, 2.75) is 108 Å².